The molecular formula is C23H40O6. The monoisotopic (exact) mass is 412 g/mol. The highest BCUT2D eigenvalue weighted by molar-refractivity contribution is 5.80. The summed E-state index contributed by atoms with van der Waals surface area (Å²) in [5.41, 5.74) is 0. The molecule has 0 saturated carbocycles. The summed E-state index contributed by atoms with van der Waals surface area (Å²) < 4.78 is 18.0. The first-order valence-corrected chi connectivity index (χ1v) is 11.4. The molecule has 6 heteroatoms. The molecule has 0 spiro atoms. The molecule has 2 aliphatic rings. The third-order valence-electron chi connectivity index (χ3n) is 6.77. The van der Waals surface area contributed by atoms with E-state index in [1.54, 1.807) is 0 Å². The van der Waals surface area contributed by atoms with E-state index in [1.807, 2.05) is 34.6 Å². The number of ether oxygens (including phenoxy) is 3. The van der Waals surface area contributed by atoms with Gasteiger partial charge in [0, 0.05) is 18.8 Å². The fraction of sp³-hybridized carbons (Fsp3) is 0.913. The van der Waals surface area contributed by atoms with Gasteiger partial charge in [-0.25, -0.2) is 0 Å². The van der Waals surface area contributed by atoms with Gasteiger partial charge in [0.2, 0.25) is 0 Å². The Bertz CT molecular complexity index is 549. The van der Waals surface area contributed by atoms with Gasteiger partial charge in [0.25, 0.3) is 0 Å². The molecule has 0 aromatic carbocycles. The lowest BCUT2D eigenvalue weighted by Gasteiger charge is -2.38. The summed E-state index contributed by atoms with van der Waals surface area (Å²) >= 11 is 0. The van der Waals surface area contributed by atoms with Crippen molar-refractivity contribution in [2.45, 2.75) is 111 Å². The van der Waals surface area contributed by atoms with Crippen molar-refractivity contribution in [3.63, 3.8) is 0 Å². The normalized spacial score (nSPS) is 43.2. The quantitative estimate of drug-likeness (QED) is 0.709. The number of esters is 1. The maximum absolute atomic E-state index is 13.0. The van der Waals surface area contributed by atoms with E-state index in [1.165, 1.54) is 0 Å². The van der Waals surface area contributed by atoms with Crippen molar-refractivity contribution in [3.05, 3.63) is 0 Å². The molecule has 2 aliphatic heterocycles. The van der Waals surface area contributed by atoms with Crippen LogP contribution in [0.2, 0.25) is 0 Å². The number of Topliss-reactive ketones (excluding diaryl/α,β-unsaturated/α-hetero) is 1. The largest absolute Gasteiger partial charge is 0.462 e. The van der Waals surface area contributed by atoms with Crippen LogP contribution in [0.4, 0.5) is 0 Å². The van der Waals surface area contributed by atoms with E-state index in [9.17, 15) is 14.7 Å². The van der Waals surface area contributed by atoms with Crippen molar-refractivity contribution in [2.24, 2.45) is 23.7 Å². The van der Waals surface area contributed by atoms with E-state index < -0.39 is 24.4 Å². The Balaban J connectivity index is 2.21. The van der Waals surface area contributed by atoms with Gasteiger partial charge >= 0.3 is 5.97 Å². The molecular weight excluding hydrogens is 372 g/mol. The zero-order valence-corrected chi connectivity index (χ0v) is 18.9. The first-order chi connectivity index (χ1) is 13.6. The van der Waals surface area contributed by atoms with Gasteiger partial charge in [0.05, 0.1) is 24.2 Å². The second-order valence-electron chi connectivity index (χ2n) is 9.28. The van der Waals surface area contributed by atoms with Crippen molar-refractivity contribution in [1.82, 2.24) is 0 Å². The Morgan fingerprint density at radius 1 is 1.03 bits per heavy atom. The predicted molar refractivity (Wildman–Crippen MR) is 110 cm³/mol. The highest BCUT2D eigenvalue weighted by Crippen LogP contribution is 2.32. The van der Waals surface area contributed by atoms with Gasteiger partial charge in [0.1, 0.15) is 11.9 Å². The van der Waals surface area contributed by atoms with Gasteiger partial charge < -0.3 is 19.3 Å². The van der Waals surface area contributed by atoms with Crippen LogP contribution in [0.25, 0.3) is 0 Å². The lowest BCUT2D eigenvalue weighted by atomic mass is 9.83. The molecule has 0 radical (unpaired) electrons. The number of carbonyl (C=O) groups excluding carboxylic acids is 2. The van der Waals surface area contributed by atoms with Crippen LogP contribution in [0.3, 0.4) is 0 Å². The highest BCUT2D eigenvalue weighted by atomic mass is 16.7. The minimum absolute atomic E-state index is 0.000757. The Morgan fingerprint density at radius 2 is 1.72 bits per heavy atom. The molecule has 1 N–H and O–H groups in total. The van der Waals surface area contributed by atoms with Crippen LogP contribution in [-0.4, -0.2) is 47.6 Å². The van der Waals surface area contributed by atoms with Crippen molar-refractivity contribution in [1.29, 1.82) is 0 Å². The number of carbonyl (C=O) groups is 2. The fourth-order valence-electron chi connectivity index (χ4n) is 4.58. The first kappa shape index (κ1) is 24.3. The van der Waals surface area contributed by atoms with Crippen LogP contribution in [0, 0.1) is 23.7 Å². The standard InChI is InChI=1S/C23H40O6/c1-7-20-13(2)8-9-18(24)14(3)12-15(4)22(16(5)23(26)28-20)29-21-11-10-19(25)17(6)27-21/h13-17,19-22,25H,7-12H2,1-6H3/t13-,14-,15+,16-,17-,19+,20?,21-,22?/m1/s1. The van der Waals surface area contributed by atoms with Gasteiger partial charge in [-0.3, -0.25) is 9.59 Å². The molecule has 2 unspecified atom stereocenters. The summed E-state index contributed by atoms with van der Waals surface area (Å²) in [6.07, 6.45) is 1.99. The number of rotatable bonds is 3. The molecule has 2 rings (SSSR count). The second kappa shape index (κ2) is 10.9. The van der Waals surface area contributed by atoms with Crippen LogP contribution in [-0.2, 0) is 23.8 Å². The Kier molecular flexibility index (Phi) is 9.11. The number of hydrogen-bond acceptors (Lipinski definition) is 6. The molecule has 2 fully saturated rings. The van der Waals surface area contributed by atoms with E-state index in [0.717, 1.165) is 12.8 Å². The number of ketones is 1. The zero-order valence-electron chi connectivity index (χ0n) is 18.9. The molecule has 0 aliphatic carbocycles. The molecule has 168 valence electrons. The Labute approximate surface area is 175 Å². The van der Waals surface area contributed by atoms with Crippen LogP contribution >= 0.6 is 0 Å². The SMILES string of the molecule is CCC1OC(=O)[C@H](C)C(O[C@@H]2CC[C@H](O)[C@@H](C)O2)[C@@H](C)C[C@@H](C)C(=O)CC[C@H]1C. The average molecular weight is 413 g/mol. The molecule has 2 saturated heterocycles. The summed E-state index contributed by atoms with van der Waals surface area (Å²) in [4.78, 5) is 25.6. The molecule has 9 atom stereocenters. The molecule has 0 bridgehead atoms. The summed E-state index contributed by atoms with van der Waals surface area (Å²) in [6, 6.07) is 0. The smallest absolute Gasteiger partial charge is 0.311 e. The summed E-state index contributed by atoms with van der Waals surface area (Å²) in [6.45, 7) is 11.7. The third-order valence-corrected chi connectivity index (χ3v) is 6.77. The molecule has 0 aromatic heterocycles. The highest BCUT2D eigenvalue weighted by Gasteiger charge is 2.38. The maximum atomic E-state index is 13.0. The summed E-state index contributed by atoms with van der Waals surface area (Å²) in [5.74, 6) is -0.365. The topological polar surface area (TPSA) is 82.1 Å². The lowest BCUT2D eigenvalue weighted by molar-refractivity contribution is -0.249. The van der Waals surface area contributed by atoms with Gasteiger partial charge in [-0.05, 0) is 51.4 Å². The van der Waals surface area contributed by atoms with Gasteiger partial charge in [-0.15, -0.1) is 0 Å². The number of aliphatic hydroxyl groups is 1. The first-order valence-electron chi connectivity index (χ1n) is 11.4. The molecule has 0 aromatic rings. The Hall–Kier alpha value is -0.980. The summed E-state index contributed by atoms with van der Waals surface area (Å²) in [5, 5.41) is 9.91. The number of hydrogen-bond donors (Lipinski definition) is 1. The second-order valence-corrected chi connectivity index (χ2v) is 9.28. The van der Waals surface area contributed by atoms with Gasteiger partial charge in [-0.2, -0.15) is 0 Å². The third kappa shape index (κ3) is 6.50. The van der Waals surface area contributed by atoms with E-state index in [-0.39, 0.29) is 41.7 Å². The van der Waals surface area contributed by atoms with Crippen molar-refractivity contribution >= 4 is 11.8 Å². The van der Waals surface area contributed by atoms with E-state index in [0.29, 0.717) is 25.7 Å². The van der Waals surface area contributed by atoms with E-state index in [4.69, 9.17) is 14.2 Å². The van der Waals surface area contributed by atoms with Crippen LogP contribution in [0.1, 0.15) is 80.1 Å². The number of cyclic esters (lactones) is 1. The fourth-order valence-corrected chi connectivity index (χ4v) is 4.58. The average Bonchev–Trinajstić information content (AvgIpc) is 2.68. The van der Waals surface area contributed by atoms with Gasteiger partial charge in [-0.1, -0.05) is 27.7 Å². The van der Waals surface area contributed by atoms with Crippen molar-refractivity contribution in [3.8, 4) is 0 Å². The maximum Gasteiger partial charge on any atom is 0.311 e. The summed E-state index contributed by atoms with van der Waals surface area (Å²) in [7, 11) is 0. The van der Waals surface area contributed by atoms with E-state index >= 15 is 0 Å². The molecule has 0 amide bonds. The van der Waals surface area contributed by atoms with Crippen LogP contribution in [0.5, 0.6) is 0 Å². The Morgan fingerprint density at radius 3 is 2.34 bits per heavy atom. The lowest BCUT2D eigenvalue weighted by Crippen LogP contribution is -2.45. The van der Waals surface area contributed by atoms with Crippen LogP contribution < -0.4 is 0 Å². The van der Waals surface area contributed by atoms with Crippen molar-refractivity contribution in [2.75, 3.05) is 0 Å². The zero-order chi connectivity index (χ0) is 21.7. The van der Waals surface area contributed by atoms with Gasteiger partial charge in [0.15, 0.2) is 6.29 Å². The molecule has 29 heavy (non-hydrogen) atoms. The van der Waals surface area contributed by atoms with E-state index in [2.05, 4.69) is 6.92 Å². The molecule has 6 nitrogen and oxygen atoms in total. The minimum Gasteiger partial charge on any atom is -0.462 e. The van der Waals surface area contributed by atoms with Crippen molar-refractivity contribution < 1.29 is 28.9 Å². The predicted octanol–water partition coefficient (Wildman–Crippen LogP) is 3.88. The minimum atomic E-state index is -0.490. The van der Waals surface area contributed by atoms with Crippen LogP contribution in [0.15, 0.2) is 0 Å². The number of aliphatic hydroxyl groups excluding tert-OH is 1. The molecule has 2 heterocycles.